The Labute approximate surface area is 93.2 Å². The van der Waals surface area contributed by atoms with Crippen LogP contribution < -0.4 is 9.47 Å². The van der Waals surface area contributed by atoms with Gasteiger partial charge in [0.05, 0.1) is 14.2 Å². The third-order valence-electron chi connectivity index (χ3n) is 2.16. The highest BCUT2D eigenvalue weighted by Gasteiger charge is 2.14. The quantitative estimate of drug-likeness (QED) is 0.772. The Morgan fingerprint density at radius 3 is 2.44 bits per heavy atom. The summed E-state index contributed by atoms with van der Waals surface area (Å²) in [4.78, 5) is 10.5. The van der Waals surface area contributed by atoms with Gasteiger partial charge in [0.15, 0.2) is 17.6 Å². The Balaban J connectivity index is 2.86. The zero-order valence-electron chi connectivity index (χ0n) is 9.14. The molecule has 5 nitrogen and oxygen atoms in total. The minimum absolute atomic E-state index is 0.0374. The molecule has 0 spiro atoms. The molecule has 0 aromatic heterocycles. The number of hydrogen-bond donors (Lipinski definition) is 2. The molecular formula is C11H14O5. The van der Waals surface area contributed by atoms with Crippen molar-refractivity contribution >= 4 is 5.97 Å². The van der Waals surface area contributed by atoms with Gasteiger partial charge in [-0.05, 0) is 17.7 Å². The lowest BCUT2D eigenvalue weighted by Crippen LogP contribution is -2.21. The predicted molar refractivity (Wildman–Crippen MR) is 56.9 cm³/mol. The van der Waals surface area contributed by atoms with Crippen molar-refractivity contribution in [3.63, 3.8) is 0 Å². The van der Waals surface area contributed by atoms with Gasteiger partial charge in [0.25, 0.3) is 0 Å². The number of benzene rings is 1. The molecule has 1 aromatic carbocycles. The summed E-state index contributed by atoms with van der Waals surface area (Å²) in [7, 11) is 3.01. The standard InChI is InChI=1S/C11H14O5/c1-15-9-4-3-7(6-10(9)16-2)5-8(12)11(13)14/h3-4,6,8,12H,5H2,1-2H3,(H,13,14)/t8-/m0/s1. The van der Waals surface area contributed by atoms with E-state index in [0.29, 0.717) is 17.1 Å². The van der Waals surface area contributed by atoms with E-state index in [9.17, 15) is 9.90 Å². The van der Waals surface area contributed by atoms with E-state index in [1.807, 2.05) is 0 Å². The number of rotatable bonds is 5. The van der Waals surface area contributed by atoms with Gasteiger partial charge in [-0.2, -0.15) is 0 Å². The molecule has 0 aliphatic carbocycles. The SMILES string of the molecule is COc1ccc(C[C@H](O)C(=O)O)cc1OC. The second kappa shape index (κ2) is 5.37. The van der Waals surface area contributed by atoms with Crippen LogP contribution in [-0.2, 0) is 11.2 Å². The van der Waals surface area contributed by atoms with Crippen LogP contribution in [0.25, 0.3) is 0 Å². The largest absolute Gasteiger partial charge is 0.493 e. The van der Waals surface area contributed by atoms with E-state index in [4.69, 9.17) is 14.6 Å². The van der Waals surface area contributed by atoms with Crippen molar-refractivity contribution in [2.75, 3.05) is 14.2 Å². The molecule has 0 aliphatic rings. The molecule has 0 aliphatic heterocycles. The zero-order chi connectivity index (χ0) is 12.1. The molecule has 1 aromatic rings. The summed E-state index contributed by atoms with van der Waals surface area (Å²) in [5.41, 5.74) is 0.674. The van der Waals surface area contributed by atoms with Crippen LogP contribution in [0.4, 0.5) is 0 Å². The van der Waals surface area contributed by atoms with Gasteiger partial charge < -0.3 is 19.7 Å². The number of methoxy groups -OCH3 is 2. The summed E-state index contributed by atoms with van der Waals surface area (Å²) in [5.74, 6) is -0.163. The zero-order valence-corrected chi connectivity index (χ0v) is 9.14. The van der Waals surface area contributed by atoms with Crippen molar-refractivity contribution in [3.05, 3.63) is 23.8 Å². The topological polar surface area (TPSA) is 76.0 Å². The number of aliphatic carboxylic acids is 1. The fourth-order valence-electron chi connectivity index (χ4n) is 1.32. The number of aliphatic hydroxyl groups excluding tert-OH is 1. The molecule has 0 unspecified atom stereocenters. The predicted octanol–water partition coefficient (Wildman–Crippen LogP) is 0.692. The van der Waals surface area contributed by atoms with Gasteiger partial charge in [0.1, 0.15) is 0 Å². The molecule has 16 heavy (non-hydrogen) atoms. The van der Waals surface area contributed by atoms with Gasteiger partial charge in [-0.25, -0.2) is 4.79 Å². The first kappa shape index (κ1) is 12.3. The number of carboxylic acids is 1. The summed E-state index contributed by atoms with van der Waals surface area (Å²) >= 11 is 0. The van der Waals surface area contributed by atoms with Crippen LogP contribution in [0.1, 0.15) is 5.56 Å². The Kier molecular flexibility index (Phi) is 4.13. The van der Waals surface area contributed by atoms with Gasteiger partial charge in [-0.15, -0.1) is 0 Å². The van der Waals surface area contributed by atoms with E-state index in [-0.39, 0.29) is 6.42 Å². The number of hydrogen-bond acceptors (Lipinski definition) is 4. The molecule has 2 N–H and O–H groups in total. The highest BCUT2D eigenvalue weighted by molar-refractivity contribution is 5.72. The Morgan fingerprint density at radius 2 is 1.94 bits per heavy atom. The monoisotopic (exact) mass is 226 g/mol. The van der Waals surface area contributed by atoms with E-state index >= 15 is 0 Å². The van der Waals surface area contributed by atoms with Crippen LogP contribution in [0.2, 0.25) is 0 Å². The summed E-state index contributed by atoms with van der Waals surface area (Å²) in [6, 6.07) is 5.00. The lowest BCUT2D eigenvalue weighted by atomic mass is 10.1. The lowest BCUT2D eigenvalue weighted by molar-refractivity contribution is -0.146. The molecule has 1 rings (SSSR count). The fraction of sp³-hybridized carbons (Fsp3) is 0.364. The number of carbonyl (C=O) groups is 1. The van der Waals surface area contributed by atoms with Crippen molar-refractivity contribution in [3.8, 4) is 11.5 Å². The average molecular weight is 226 g/mol. The summed E-state index contributed by atoms with van der Waals surface area (Å²) in [5, 5.41) is 17.8. The van der Waals surface area contributed by atoms with Crippen molar-refractivity contribution in [1.82, 2.24) is 0 Å². The van der Waals surface area contributed by atoms with Crippen LogP contribution in [-0.4, -0.2) is 36.5 Å². The first-order valence-corrected chi connectivity index (χ1v) is 4.70. The molecular weight excluding hydrogens is 212 g/mol. The van der Waals surface area contributed by atoms with E-state index in [1.54, 1.807) is 18.2 Å². The van der Waals surface area contributed by atoms with Crippen LogP contribution in [0.15, 0.2) is 18.2 Å². The van der Waals surface area contributed by atoms with Gasteiger partial charge in [-0.3, -0.25) is 0 Å². The van der Waals surface area contributed by atoms with Crippen LogP contribution in [0.3, 0.4) is 0 Å². The molecule has 88 valence electrons. The number of carboxylic acid groups (broad SMARTS) is 1. The number of ether oxygens (including phenoxy) is 2. The van der Waals surface area contributed by atoms with Crippen molar-refractivity contribution < 1.29 is 24.5 Å². The molecule has 0 amide bonds. The van der Waals surface area contributed by atoms with Gasteiger partial charge in [0.2, 0.25) is 0 Å². The Hall–Kier alpha value is -1.75. The summed E-state index contributed by atoms with van der Waals surface area (Å²) in [6.07, 6.45) is -1.37. The van der Waals surface area contributed by atoms with Gasteiger partial charge in [0, 0.05) is 6.42 Å². The normalized spacial score (nSPS) is 11.9. The van der Waals surface area contributed by atoms with Crippen molar-refractivity contribution in [2.45, 2.75) is 12.5 Å². The first-order valence-electron chi connectivity index (χ1n) is 4.70. The summed E-state index contributed by atoms with van der Waals surface area (Å²) in [6.45, 7) is 0. The Morgan fingerprint density at radius 1 is 1.31 bits per heavy atom. The fourth-order valence-corrected chi connectivity index (χ4v) is 1.32. The van der Waals surface area contributed by atoms with Gasteiger partial charge >= 0.3 is 5.97 Å². The molecule has 0 saturated heterocycles. The maximum Gasteiger partial charge on any atom is 0.332 e. The lowest BCUT2D eigenvalue weighted by Gasteiger charge is -2.10. The van der Waals surface area contributed by atoms with Crippen LogP contribution in [0, 0.1) is 0 Å². The maximum absolute atomic E-state index is 10.5. The maximum atomic E-state index is 10.5. The van der Waals surface area contributed by atoms with Gasteiger partial charge in [-0.1, -0.05) is 6.07 Å². The number of aliphatic hydroxyl groups is 1. The second-order valence-electron chi connectivity index (χ2n) is 3.25. The molecule has 0 bridgehead atoms. The van der Waals surface area contributed by atoms with E-state index in [1.165, 1.54) is 14.2 Å². The summed E-state index contributed by atoms with van der Waals surface area (Å²) < 4.78 is 10.1. The van der Waals surface area contributed by atoms with Crippen molar-refractivity contribution in [1.29, 1.82) is 0 Å². The minimum Gasteiger partial charge on any atom is -0.493 e. The molecule has 0 saturated carbocycles. The molecule has 5 heteroatoms. The molecule has 0 radical (unpaired) electrons. The molecule has 0 fully saturated rings. The first-order chi connectivity index (χ1) is 7.58. The average Bonchev–Trinajstić information content (AvgIpc) is 2.28. The minimum atomic E-state index is -1.40. The third-order valence-corrected chi connectivity index (χ3v) is 2.16. The molecule has 1 atom stereocenters. The smallest absolute Gasteiger partial charge is 0.332 e. The third kappa shape index (κ3) is 2.87. The highest BCUT2D eigenvalue weighted by atomic mass is 16.5. The van der Waals surface area contributed by atoms with E-state index < -0.39 is 12.1 Å². The Bertz CT molecular complexity index is 375. The van der Waals surface area contributed by atoms with Crippen LogP contribution in [0.5, 0.6) is 11.5 Å². The van der Waals surface area contributed by atoms with Crippen LogP contribution >= 0.6 is 0 Å². The van der Waals surface area contributed by atoms with E-state index in [0.717, 1.165) is 0 Å². The van der Waals surface area contributed by atoms with E-state index in [2.05, 4.69) is 0 Å². The highest BCUT2D eigenvalue weighted by Crippen LogP contribution is 2.27. The second-order valence-corrected chi connectivity index (χ2v) is 3.25. The molecule has 0 heterocycles. The van der Waals surface area contributed by atoms with Crippen molar-refractivity contribution in [2.24, 2.45) is 0 Å².